The molecule has 1 heterocycles. The summed E-state index contributed by atoms with van der Waals surface area (Å²) in [6, 6.07) is 26.9. The number of benzene rings is 4. The zero-order valence-corrected chi connectivity index (χ0v) is 24.8. The zero-order valence-electron chi connectivity index (χ0n) is 23.9. The van der Waals surface area contributed by atoms with Crippen molar-refractivity contribution in [3.05, 3.63) is 125 Å². The molecule has 7 heteroatoms. The molecule has 42 heavy (non-hydrogen) atoms. The molecule has 1 aliphatic heterocycles. The van der Waals surface area contributed by atoms with Crippen molar-refractivity contribution in [3.63, 3.8) is 0 Å². The minimum Gasteiger partial charge on any atom is -0.490 e. The molecule has 0 radical (unpaired) electrons. The highest BCUT2D eigenvalue weighted by molar-refractivity contribution is 7.87. The average molecular weight is 579 g/mol. The van der Waals surface area contributed by atoms with Crippen LogP contribution in [-0.2, 0) is 10.1 Å². The van der Waals surface area contributed by atoms with Gasteiger partial charge in [0.25, 0.3) is 0 Å². The van der Waals surface area contributed by atoms with Crippen LogP contribution in [0.3, 0.4) is 0 Å². The summed E-state index contributed by atoms with van der Waals surface area (Å²) in [7, 11) is -4.00. The molecule has 1 aliphatic carbocycles. The monoisotopic (exact) mass is 578 g/mol. The molecule has 0 spiro atoms. The first-order valence-electron chi connectivity index (χ1n) is 14.3. The fourth-order valence-corrected chi connectivity index (χ4v) is 6.71. The molecule has 0 fully saturated rings. The van der Waals surface area contributed by atoms with Crippen molar-refractivity contribution >= 4 is 27.7 Å². The highest BCUT2D eigenvalue weighted by atomic mass is 32.2. The Hall–Kier alpha value is -4.36. The average Bonchev–Trinajstić information content (AvgIpc) is 3.48. The lowest BCUT2D eigenvalue weighted by molar-refractivity contribution is 0.327. The summed E-state index contributed by atoms with van der Waals surface area (Å²) in [6.45, 7) is 6.25. The Morgan fingerprint density at radius 3 is 2.43 bits per heavy atom. The maximum absolute atomic E-state index is 12.8. The molecule has 0 bridgehead atoms. The number of aryl methyl sites for hydroxylation is 2. The van der Waals surface area contributed by atoms with Gasteiger partial charge in [-0.05, 0) is 98.3 Å². The fraction of sp³-hybridized carbons (Fsp3) is 0.229. The van der Waals surface area contributed by atoms with Gasteiger partial charge < -0.3 is 14.2 Å². The first-order chi connectivity index (χ1) is 20.3. The van der Waals surface area contributed by atoms with Crippen LogP contribution in [0.15, 0.2) is 107 Å². The number of hydrogen-bond donors (Lipinski definition) is 1. The van der Waals surface area contributed by atoms with Crippen LogP contribution in [0.1, 0.15) is 53.1 Å². The Morgan fingerprint density at radius 2 is 1.67 bits per heavy atom. The minimum atomic E-state index is -4.00. The Morgan fingerprint density at radius 1 is 0.905 bits per heavy atom. The van der Waals surface area contributed by atoms with Gasteiger partial charge in [-0.1, -0.05) is 59.7 Å². The van der Waals surface area contributed by atoms with E-state index in [4.69, 9.17) is 8.92 Å². The maximum atomic E-state index is 12.8. The quantitative estimate of drug-likeness (QED) is 0.130. The number of anilines is 1. The maximum Gasteiger partial charge on any atom is 0.339 e. The van der Waals surface area contributed by atoms with E-state index in [0.717, 1.165) is 23.2 Å². The van der Waals surface area contributed by atoms with Crippen LogP contribution >= 0.6 is 0 Å². The van der Waals surface area contributed by atoms with E-state index < -0.39 is 10.1 Å². The van der Waals surface area contributed by atoms with Gasteiger partial charge in [-0.15, -0.1) is 0 Å². The van der Waals surface area contributed by atoms with Gasteiger partial charge in [-0.3, -0.25) is 4.99 Å². The number of rotatable bonds is 8. The molecule has 214 valence electrons. The van der Waals surface area contributed by atoms with Crippen molar-refractivity contribution in [1.29, 1.82) is 0 Å². The molecular weight excluding hydrogens is 544 g/mol. The number of aliphatic imine (C=N–C) groups is 1. The summed E-state index contributed by atoms with van der Waals surface area (Å²) in [6.07, 6.45) is 7.47. The van der Waals surface area contributed by atoms with E-state index in [1.807, 2.05) is 26.0 Å². The number of nitrogens with zero attached hydrogens (tertiary/aromatic N) is 1. The molecule has 6 nitrogen and oxygen atoms in total. The van der Waals surface area contributed by atoms with Crippen molar-refractivity contribution in [2.75, 3.05) is 11.9 Å². The zero-order chi connectivity index (χ0) is 29.3. The number of allylic oxidation sites excluding steroid dienone is 2. The lowest BCUT2D eigenvalue weighted by Crippen LogP contribution is -2.29. The third-order valence-corrected chi connectivity index (χ3v) is 9.16. The molecule has 4 aromatic carbocycles. The van der Waals surface area contributed by atoms with E-state index in [2.05, 4.69) is 59.7 Å². The molecule has 0 amide bonds. The smallest absolute Gasteiger partial charge is 0.339 e. The van der Waals surface area contributed by atoms with Gasteiger partial charge in [0.15, 0.2) is 11.5 Å². The van der Waals surface area contributed by atoms with Crippen LogP contribution in [0.5, 0.6) is 11.5 Å². The second-order valence-electron chi connectivity index (χ2n) is 10.9. The van der Waals surface area contributed by atoms with Crippen LogP contribution in [-0.4, -0.2) is 21.2 Å². The van der Waals surface area contributed by atoms with Crippen LogP contribution in [0.2, 0.25) is 0 Å². The van der Waals surface area contributed by atoms with Crippen molar-refractivity contribution in [3.8, 4) is 11.5 Å². The lowest BCUT2D eigenvalue weighted by Gasteiger charge is -2.37. The number of fused-ring (bicyclic) bond motifs is 3. The molecular formula is C35H34N2O4S. The van der Waals surface area contributed by atoms with E-state index in [9.17, 15) is 8.42 Å². The van der Waals surface area contributed by atoms with Crippen molar-refractivity contribution in [2.45, 2.75) is 44.0 Å². The summed E-state index contributed by atoms with van der Waals surface area (Å²) in [5.41, 5.74) is 7.70. The van der Waals surface area contributed by atoms with Gasteiger partial charge in [0, 0.05) is 17.8 Å². The molecule has 0 aromatic heterocycles. The van der Waals surface area contributed by atoms with Crippen LogP contribution < -0.4 is 14.2 Å². The summed E-state index contributed by atoms with van der Waals surface area (Å²) >= 11 is 0. The normalized spacial score (nSPS) is 19.3. The van der Waals surface area contributed by atoms with Gasteiger partial charge in [-0.25, -0.2) is 0 Å². The molecule has 3 atom stereocenters. The molecule has 2 aliphatic rings. The topological polar surface area (TPSA) is 77.0 Å². The molecule has 0 saturated heterocycles. The van der Waals surface area contributed by atoms with E-state index in [1.54, 1.807) is 36.5 Å². The van der Waals surface area contributed by atoms with Gasteiger partial charge in [0.1, 0.15) is 4.90 Å². The Bertz CT molecular complexity index is 1760. The first kappa shape index (κ1) is 27.8. The van der Waals surface area contributed by atoms with Gasteiger partial charge in [0.2, 0.25) is 0 Å². The highest BCUT2D eigenvalue weighted by Crippen LogP contribution is 2.50. The van der Waals surface area contributed by atoms with Crippen LogP contribution in [0.4, 0.5) is 11.4 Å². The Balaban J connectivity index is 1.18. The van der Waals surface area contributed by atoms with E-state index in [0.29, 0.717) is 24.2 Å². The molecule has 0 saturated carbocycles. The minimum absolute atomic E-state index is 0.0899. The van der Waals surface area contributed by atoms with Crippen molar-refractivity contribution in [2.24, 2.45) is 10.9 Å². The van der Waals surface area contributed by atoms with Crippen molar-refractivity contribution in [1.82, 2.24) is 0 Å². The van der Waals surface area contributed by atoms with E-state index in [1.165, 1.54) is 34.5 Å². The summed E-state index contributed by atoms with van der Waals surface area (Å²) < 4.78 is 36.8. The third kappa shape index (κ3) is 5.70. The Labute approximate surface area is 247 Å². The predicted molar refractivity (Wildman–Crippen MR) is 168 cm³/mol. The van der Waals surface area contributed by atoms with Gasteiger partial charge >= 0.3 is 10.1 Å². The predicted octanol–water partition coefficient (Wildman–Crippen LogP) is 8.05. The third-order valence-electron chi connectivity index (χ3n) is 7.91. The molecule has 4 aromatic rings. The van der Waals surface area contributed by atoms with Crippen molar-refractivity contribution < 1.29 is 17.3 Å². The highest BCUT2D eigenvalue weighted by Gasteiger charge is 2.37. The van der Waals surface area contributed by atoms with E-state index in [-0.39, 0.29) is 16.7 Å². The lowest BCUT2D eigenvalue weighted by atomic mass is 9.76. The molecule has 1 N–H and O–H groups in total. The second-order valence-corrected chi connectivity index (χ2v) is 12.5. The summed E-state index contributed by atoms with van der Waals surface area (Å²) in [4.78, 5) is 4.75. The summed E-state index contributed by atoms with van der Waals surface area (Å²) in [5.74, 6) is 1.39. The van der Waals surface area contributed by atoms with Crippen LogP contribution in [0, 0.1) is 19.8 Å². The number of ether oxygens (including phenoxy) is 1. The molecule has 0 unspecified atom stereocenters. The number of hydrogen-bond acceptors (Lipinski definition) is 6. The largest absolute Gasteiger partial charge is 0.490 e. The van der Waals surface area contributed by atoms with Crippen LogP contribution in [0.25, 0.3) is 0 Å². The van der Waals surface area contributed by atoms with Gasteiger partial charge in [-0.2, -0.15) is 8.42 Å². The standard InChI is InChI=1S/C35H34N2O4S/c1-4-40-34-21-25(11-19-33(34)41-42(38,39)28-16-8-23(2)9-17-28)22-36-27-14-12-26(13-15-27)35-30-7-5-6-29(30)31-20-24(3)10-18-32(31)37-35/h5-6,8-22,29-30,35,37H,4,7H2,1-3H3/t29-,30-,35-/m0/s1. The van der Waals surface area contributed by atoms with E-state index >= 15 is 0 Å². The first-order valence-corrected chi connectivity index (χ1v) is 15.7. The SMILES string of the molecule is CCOc1cc(C=Nc2ccc([C@@H]3Nc4ccc(C)cc4[C@H]4C=CC[C@@H]43)cc2)ccc1OS(=O)(=O)c1ccc(C)cc1. The summed E-state index contributed by atoms with van der Waals surface area (Å²) in [5, 5.41) is 3.79. The molecule has 6 rings (SSSR count). The fourth-order valence-electron chi connectivity index (χ4n) is 5.77. The number of nitrogens with one attached hydrogen (secondary N) is 1. The van der Waals surface area contributed by atoms with Gasteiger partial charge in [0.05, 0.1) is 18.3 Å². The Kier molecular flexibility index (Phi) is 7.60. The second kappa shape index (κ2) is 11.5.